The fourth-order valence-corrected chi connectivity index (χ4v) is 5.95. The van der Waals surface area contributed by atoms with Gasteiger partial charge in [0.1, 0.15) is 0 Å². The summed E-state index contributed by atoms with van der Waals surface area (Å²) in [7, 11) is -3.61. The molecule has 0 radical (unpaired) electrons. The van der Waals surface area contributed by atoms with Gasteiger partial charge in [-0.2, -0.15) is 4.31 Å². The smallest absolute Gasteiger partial charge is 0.319 e. The van der Waals surface area contributed by atoms with E-state index in [1.54, 1.807) is 41.0 Å². The predicted octanol–water partition coefficient (Wildman–Crippen LogP) is 2.91. The molecule has 2 saturated heterocycles. The van der Waals surface area contributed by atoms with Gasteiger partial charge >= 0.3 is 6.03 Å². The van der Waals surface area contributed by atoms with E-state index in [1.807, 2.05) is 12.1 Å². The van der Waals surface area contributed by atoms with Gasteiger partial charge in [0.2, 0.25) is 10.0 Å². The number of rotatable bonds is 7. The number of amides is 2. The molecular formula is C24H35N5O4S. The summed E-state index contributed by atoms with van der Waals surface area (Å²) in [4.78, 5) is 18.7. The number of urea groups is 1. The van der Waals surface area contributed by atoms with Crippen molar-refractivity contribution >= 4 is 21.7 Å². The van der Waals surface area contributed by atoms with Crippen molar-refractivity contribution < 1.29 is 17.9 Å². The van der Waals surface area contributed by atoms with Crippen LogP contribution >= 0.6 is 0 Å². The molecule has 10 heteroatoms. The van der Waals surface area contributed by atoms with Crippen molar-refractivity contribution in [2.24, 2.45) is 0 Å². The van der Waals surface area contributed by atoms with Crippen molar-refractivity contribution in [2.75, 3.05) is 44.7 Å². The lowest BCUT2D eigenvalue weighted by Crippen LogP contribution is -2.51. The molecule has 1 aromatic carbocycles. The van der Waals surface area contributed by atoms with Gasteiger partial charge in [0, 0.05) is 56.8 Å². The van der Waals surface area contributed by atoms with Gasteiger partial charge in [0.15, 0.2) is 0 Å². The highest BCUT2D eigenvalue weighted by Crippen LogP contribution is 2.27. The van der Waals surface area contributed by atoms with Crippen molar-refractivity contribution in [1.29, 1.82) is 0 Å². The number of hydrogen-bond acceptors (Lipinski definition) is 6. The summed E-state index contributed by atoms with van der Waals surface area (Å²) in [5.41, 5.74) is 1.42. The molecular weight excluding hydrogens is 454 g/mol. The van der Waals surface area contributed by atoms with Crippen LogP contribution in [0.25, 0.3) is 0 Å². The maximum absolute atomic E-state index is 13.4. The van der Waals surface area contributed by atoms with Gasteiger partial charge in [-0.3, -0.25) is 9.88 Å². The normalized spacial score (nSPS) is 19.7. The predicted molar refractivity (Wildman–Crippen MR) is 132 cm³/mol. The maximum atomic E-state index is 13.4. The standard InChI is InChI=1S/C23H31N5O4S.CH4/c29-23(25-17-19-4-3-10-24-16-19)26-20-6-8-22(9-7-20)33(30,31)28-11-2-1-5-21(28)18-27-12-14-32-15-13-27;/h3-4,6-10,16,21H,1-2,5,11-15,17-18H2,(H2,25,26,29);1H4/t21-;/m1./s1. The number of nitrogens with one attached hydrogen (secondary N) is 2. The third-order valence-corrected chi connectivity index (χ3v) is 8.01. The number of carbonyl (C=O) groups excluding carboxylic acids is 1. The molecule has 3 heterocycles. The molecule has 2 aliphatic heterocycles. The second-order valence-electron chi connectivity index (χ2n) is 8.37. The summed E-state index contributed by atoms with van der Waals surface area (Å²) in [5, 5.41) is 5.49. The fourth-order valence-electron chi connectivity index (χ4n) is 4.26. The van der Waals surface area contributed by atoms with Crippen molar-refractivity contribution in [3.63, 3.8) is 0 Å². The Bertz CT molecular complexity index is 1010. The number of aromatic nitrogens is 1. The molecule has 0 spiro atoms. The number of pyridine rings is 1. The van der Waals surface area contributed by atoms with Crippen LogP contribution in [0, 0.1) is 0 Å². The van der Waals surface area contributed by atoms with Crippen LogP contribution in [0.4, 0.5) is 10.5 Å². The van der Waals surface area contributed by atoms with Crippen molar-refractivity contribution in [3.05, 3.63) is 54.4 Å². The fraction of sp³-hybridized carbons (Fsp3) is 0.500. The van der Waals surface area contributed by atoms with E-state index in [0.717, 1.165) is 44.5 Å². The van der Waals surface area contributed by atoms with E-state index in [1.165, 1.54) is 0 Å². The van der Waals surface area contributed by atoms with Crippen LogP contribution in [0.15, 0.2) is 53.7 Å². The van der Waals surface area contributed by atoms with E-state index >= 15 is 0 Å². The first-order chi connectivity index (χ1) is 16.0. The number of carbonyl (C=O) groups is 1. The minimum absolute atomic E-state index is 0. The van der Waals surface area contributed by atoms with E-state index in [0.29, 0.717) is 32.0 Å². The minimum Gasteiger partial charge on any atom is -0.379 e. The van der Waals surface area contributed by atoms with Crippen LogP contribution in [-0.4, -0.2) is 74.1 Å². The second kappa shape index (κ2) is 12.3. The highest BCUT2D eigenvalue weighted by molar-refractivity contribution is 7.89. The molecule has 2 N–H and O–H groups in total. The van der Waals surface area contributed by atoms with Crippen LogP contribution < -0.4 is 10.6 Å². The Balaban J connectivity index is 0.00000324. The summed E-state index contributed by atoms with van der Waals surface area (Å²) in [5.74, 6) is 0. The SMILES string of the molecule is C.O=C(NCc1cccnc1)Nc1ccc(S(=O)(=O)N2CCCC[C@@H]2CN2CCOCC2)cc1. The van der Waals surface area contributed by atoms with E-state index in [4.69, 9.17) is 4.74 Å². The number of anilines is 1. The van der Waals surface area contributed by atoms with Gasteiger partial charge < -0.3 is 15.4 Å². The first-order valence-electron chi connectivity index (χ1n) is 11.4. The largest absolute Gasteiger partial charge is 0.379 e. The molecule has 2 fully saturated rings. The number of nitrogens with zero attached hydrogens (tertiary/aromatic N) is 3. The number of hydrogen-bond donors (Lipinski definition) is 2. The number of morpholine rings is 1. The average Bonchev–Trinajstić information content (AvgIpc) is 2.85. The Morgan fingerprint density at radius 1 is 1.09 bits per heavy atom. The van der Waals surface area contributed by atoms with E-state index in [2.05, 4.69) is 20.5 Å². The van der Waals surface area contributed by atoms with Crippen LogP contribution in [-0.2, 0) is 21.3 Å². The average molecular weight is 490 g/mol. The van der Waals surface area contributed by atoms with Crippen molar-refractivity contribution in [3.8, 4) is 0 Å². The monoisotopic (exact) mass is 489 g/mol. The molecule has 1 atom stereocenters. The van der Waals surface area contributed by atoms with Gasteiger partial charge in [-0.15, -0.1) is 0 Å². The van der Waals surface area contributed by atoms with Crippen LogP contribution in [0.1, 0.15) is 32.3 Å². The highest BCUT2D eigenvalue weighted by atomic mass is 32.2. The lowest BCUT2D eigenvalue weighted by molar-refractivity contribution is 0.0263. The Morgan fingerprint density at radius 2 is 1.85 bits per heavy atom. The summed E-state index contributed by atoms with van der Waals surface area (Å²) < 4.78 is 33.9. The summed E-state index contributed by atoms with van der Waals surface area (Å²) in [6.07, 6.45) is 6.14. The van der Waals surface area contributed by atoms with Crippen LogP contribution in [0.5, 0.6) is 0 Å². The molecule has 34 heavy (non-hydrogen) atoms. The number of sulfonamides is 1. The molecule has 1 aromatic heterocycles. The van der Waals surface area contributed by atoms with Gasteiger partial charge in [0.25, 0.3) is 0 Å². The molecule has 0 bridgehead atoms. The first-order valence-corrected chi connectivity index (χ1v) is 12.8. The topological polar surface area (TPSA) is 104 Å². The summed E-state index contributed by atoms with van der Waals surface area (Å²) in [6.45, 7) is 4.70. The first kappa shape index (κ1) is 26.1. The molecule has 2 amide bonds. The Kier molecular flexibility index (Phi) is 9.40. The van der Waals surface area contributed by atoms with Crippen LogP contribution in [0.3, 0.4) is 0 Å². The van der Waals surface area contributed by atoms with Crippen molar-refractivity contribution in [2.45, 2.75) is 44.2 Å². The molecule has 2 aromatic rings. The lowest BCUT2D eigenvalue weighted by Gasteiger charge is -2.38. The molecule has 0 aliphatic carbocycles. The summed E-state index contributed by atoms with van der Waals surface area (Å²) in [6, 6.07) is 9.66. The molecule has 0 saturated carbocycles. The number of piperidine rings is 1. The Morgan fingerprint density at radius 3 is 2.56 bits per heavy atom. The van der Waals surface area contributed by atoms with Crippen molar-refractivity contribution in [1.82, 2.24) is 19.5 Å². The van der Waals surface area contributed by atoms with Crippen LogP contribution in [0.2, 0.25) is 0 Å². The molecule has 4 rings (SSSR count). The Labute approximate surface area is 202 Å². The van der Waals surface area contributed by atoms with E-state index < -0.39 is 10.0 Å². The Hall–Kier alpha value is -2.53. The lowest BCUT2D eigenvalue weighted by atomic mass is 10.0. The zero-order valence-corrected chi connectivity index (χ0v) is 19.5. The minimum atomic E-state index is -3.61. The molecule has 9 nitrogen and oxygen atoms in total. The third-order valence-electron chi connectivity index (χ3n) is 6.04. The summed E-state index contributed by atoms with van der Waals surface area (Å²) >= 11 is 0. The number of ether oxygens (including phenoxy) is 1. The van der Waals surface area contributed by atoms with Gasteiger partial charge in [-0.05, 0) is 48.7 Å². The molecule has 0 unspecified atom stereocenters. The highest BCUT2D eigenvalue weighted by Gasteiger charge is 2.34. The zero-order valence-electron chi connectivity index (χ0n) is 18.7. The second-order valence-corrected chi connectivity index (χ2v) is 10.3. The van der Waals surface area contributed by atoms with Gasteiger partial charge in [-0.1, -0.05) is 19.9 Å². The number of benzene rings is 1. The molecule has 2 aliphatic rings. The quantitative estimate of drug-likeness (QED) is 0.620. The van der Waals surface area contributed by atoms with E-state index in [9.17, 15) is 13.2 Å². The maximum Gasteiger partial charge on any atom is 0.319 e. The molecule has 186 valence electrons. The third kappa shape index (κ3) is 6.75. The van der Waals surface area contributed by atoms with Gasteiger partial charge in [-0.25, -0.2) is 13.2 Å². The zero-order chi connectivity index (χ0) is 23.1. The van der Waals surface area contributed by atoms with E-state index in [-0.39, 0.29) is 24.4 Å². The van der Waals surface area contributed by atoms with Gasteiger partial charge in [0.05, 0.1) is 18.1 Å².